The molecule has 0 aliphatic rings. The lowest BCUT2D eigenvalue weighted by molar-refractivity contribution is 1.44. The zero-order valence-corrected chi connectivity index (χ0v) is 19.0. The number of hydrogen-bond acceptors (Lipinski definition) is 1. The average molecular weight is 513 g/mol. The Balaban J connectivity index is 0.00000204. The first-order valence-electron chi connectivity index (χ1n) is 9.97. The number of rotatable bonds is 1. The van der Waals surface area contributed by atoms with E-state index in [-0.39, 0.29) is 29.9 Å². The fourth-order valence-corrected chi connectivity index (χ4v) is 4.49. The van der Waals surface area contributed by atoms with E-state index in [1.54, 1.807) is 0 Å². The van der Waals surface area contributed by atoms with Crippen molar-refractivity contribution in [2.24, 2.45) is 16.5 Å². The Hall–Kier alpha value is -3.38. The first-order chi connectivity index (χ1) is 14.7. The second-order valence-corrected chi connectivity index (χ2v) is 7.79. The molecule has 31 heavy (non-hydrogen) atoms. The number of fused-ring (bicyclic) bond motifs is 6. The Bertz CT molecular complexity index is 1660. The van der Waals surface area contributed by atoms with Crippen LogP contribution in [0, 0.1) is 0 Å². The van der Waals surface area contributed by atoms with Gasteiger partial charge in [0.05, 0.1) is 5.69 Å². The Morgan fingerprint density at radius 1 is 0.484 bits per heavy atom. The second kappa shape index (κ2) is 7.39. The van der Waals surface area contributed by atoms with Crippen molar-refractivity contribution in [3.05, 3.63) is 91.0 Å². The number of nitrogens with two attached hydrogens (primary N) is 2. The molecule has 0 fully saturated rings. The molecule has 0 amide bonds. The van der Waals surface area contributed by atoms with E-state index in [1.807, 2.05) is 12.1 Å². The predicted molar refractivity (Wildman–Crippen MR) is 145 cm³/mol. The minimum absolute atomic E-state index is 0. The van der Waals surface area contributed by atoms with Crippen molar-refractivity contribution in [3.8, 4) is 0 Å². The van der Waals surface area contributed by atoms with E-state index in [2.05, 4.69) is 83.9 Å². The lowest BCUT2D eigenvalue weighted by Crippen LogP contribution is -2.21. The van der Waals surface area contributed by atoms with Crippen molar-refractivity contribution < 1.29 is 0 Å². The van der Waals surface area contributed by atoms with E-state index in [1.165, 1.54) is 43.1 Å². The van der Waals surface area contributed by atoms with Gasteiger partial charge >= 0.3 is 0 Å². The fourth-order valence-electron chi connectivity index (χ4n) is 4.49. The van der Waals surface area contributed by atoms with Gasteiger partial charge in [0.1, 0.15) is 0 Å². The molecule has 6 aromatic rings. The van der Waals surface area contributed by atoms with E-state index < -0.39 is 0 Å². The highest BCUT2D eigenvalue weighted by Gasteiger charge is 2.08. The molecular weight excluding hydrogens is 493 g/mol. The van der Waals surface area contributed by atoms with E-state index >= 15 is 0 Å². The number of halogens is 1. The average Bonchev–Trinajstić information content (AvgIpc) is 2.75. The van der Waals surface area contributed by atoms with Crippen LogP contribution >= 0.6 is 24.0 Å². The maximum Gasteiger partial charge on any atom is 0.191 e. The van der Waals surface area contributed by atoms with E-state index in [0.29, 0.717) is 0 Å². The van der Waals surface area contributed by atoms with Crippen LogP contribution in [0.2, 0.25) is 0 Å². The number of hydrogen-bond donors (Lipinski definition) is 2. The molecule has 0 unspecified atom stereocenters. The molecule has 0 spiro atoms. The van der Waals surface area contributed by atoms with Crippen LogP contribution in [0.25, 0.3) is 53.9 Å². The van der Waals surface area contributed by atoms with Crippen molar-refractivity contribution >= 4 is 89.5 Å². The highest BCUT2D eigenvalue weighted by Crippen LogP contribution is 2.36. The van der Waals surface area contributed by atoms with Crippen molar-refractivity contribution in [1.82, 2.24) is 0 Å². The van der Waals surface area contributed by atoms with Gasteiger partial charge in [-0.1, -0.05) is 48.5 Å². The zero-order chi connectivity index (χ0) is 20.2. The lowest BCUT2D eigenvalue weighted by Gasteiger charge is -2.10. The van der Waals surface area contributed by atoms with Crippen LogP contribution < -0.4 is 11.5 Å². The van der Waals surface area contributed by atoms with Gasteiger partial charge in [-0.05, 0) is 90.9 Å². The van der Waals surface area contributed by atoms with Gasteiger partial charge in [-0.15, -0.1) is 24.0 Å². The van der Waals surface area contributed by atoms with Crippen molar-refractivity contribution in [3.63, 3.8) is 0 Å². The number of aliphatic imine (C=N–C) groups is 1. The molecule has 6 rings (SSSR count). The minimum atomic E-state index is 0. The van der Waals surface area contributed by atoms with E-state index in [9.17, 15) is 0 Å². The first-order valence-corrected chi connectivity index (χ1v) is 9.97. The lowest BCUT2D eigenvalue weighted by atomic mass is 9.94. The normalized spacial score (nSPS) is 11.2. The summed E-state index contributed by atoms with van der Waals surface area (Å²) in [5.74, 6) is 0.0680. The molecule has 150 valence electrons. The largest absolute Gasteiger partial charge is 0.370 e. The van der Waals surface area contributed by atoms with Crippen LogP contribution in [0.3, 0.4) is 0 Å². The van der Waals surface area contributed by atoms with Gasteiger partial charge < -0.3 is 11.5 Å². The summed E-state index contributed by atoms with van der Waals surface area (Å²) >= 11 is 0. The molecule has 4 heteroatoms. The summed E-state index contributed by atoms with van der Waals surface area (Å²) in [5, 5.41) is 12.0. The third-order valence-electron chi connectivity index (χ3n) is 5.88. The van der Waals surface area contributed by atoms with Crippen molar-refractivity contribution in [2.75, 3.05) is 0 Å². The summed E-state index contributed by atoms with van der Waals surface area (Å²) in [6, 6.07) is 32.5. The van der Waals surface area contributed by atoms with Gasteiger partial charge in [-0.2, -0.15) is 0 Å². The highest BCUT2D eigenvalue weighted by molar-refractivity contribution is 14.0. The number of benzene rings is 6. The summed E-state index contributed by atoms with van der Waals surface area (Å²) in [5.41, 5.74) is 12.1. The molecule has 6 aromatic carbocycles. The number of nitrogens with zero attached hydrogens (tertiary/aromatic N) is 1. The molecule has 3 nitrogen and oxygen atoms in total. The molecule has 0 atom stereocenters. The second-order valence-electron chi connectivity index (χ2n) is 7.79. The summed E-state index contributed by atoms with van der Waals surface area (Å²) in [6.07, 6.45) is 0. The van der Waals surface area contributed by atoms with Gasteiger partial charge in [-0.3, -0.25) is 0 Å². The van der Waals surface area contributed by atoms with Crippen LogP contribution in [0.4, 0.5) is 5.69 Å². The van der Waals surface area contributed by atoms with Gasteiger partial charge in [0, 0.05) is 5.39 Å². The smallest absolute Gasteiger partial charge is 0.191 e. The van der Waals surface area contributed by atoms with Crippen molar-refractivity contribution in [2.45, 2.75) is 0 Å². The highest BCUT2D eigenvalue weighted by atomic mass is 127. The maximum absolute atomic E-state index is 5.65. The summed E-state index contributed by atoms with van der Waals surface area (Å²) in [7, 11) is 0. The topological polar surface area (TPSA) is 64.4 Å². The predicted octanol–water partition coefficient (Wildman–Crippen LogP) is 6.98. The van der Waals surface area contributed by atoms with Crippen LogP contribution in [0.5, 0.6) is 0 Å². The summed E-state index contributed by atoms with van der Waals surface area (Å²) in [4.78, 5) is 4.33. The molecule has 0 heterocycles. The molecule has 0 saturated heterocycles. The van der Waals surface area contributed by atoms with Crippen LogP contribution in [0.1, 0.15) is 0 Å². The maximum atomic E-state index is 5.65. The fraction of sp³-hybridized carbons (Fsp3) is 0. The molecule has 0 aliphatic heterocycles. The summed E-state index contributed by atoms with van der Waals surface area (Å²) in [6.45, 7) is 0. The van der Waals surface area contributed by atoms with Crippen LogP contribution in [0.15, 0.2) is 96.0 Å². The van der Waals surface area contributed by atoms with Gasteiger partial charge in [0.15, 0.2) is 5.96 Å². The van der Waals surface area contributed by atoms with Crippen molar-refractivity contribution in [1.29, 1.82) is 0 Å². The van der Waals surface area contributed by atoms with E-state index in [4.69, 9.17) is 11.5 Å². The Morgan fingerprint density at radius 3 is 1.68 bits per heavy atom. The standard InChI is InChI=1S/C27H19N3.HI/c28-27(29)30-26-7-3-6-18-12-19-8-9-20-13-21-10-16-4-1-2-5-17(16)11-22(21)14-23(20)24(19)15-25(18)26;/h1-15H,(H4,28,29,30);1H. The Labute approximate surface area is 196 Å². The van der Waals surface area contributed by atoms with Crippen LogP contribution in [-0.2, 0) is 0 Å². The van der Waals surface area contributed by atoms with Gasteiger partial charge in [0.2, 0.25) is 0 Å². The van der Waals surface area contributed by atoms with Gasteiger partial charge in [0.25, 0.3) is 0 Å². The molecule has 0 radical (unpaired) electrons. The SMILES string of the molecule is I.NC(N)=Nc1cccc2cc3ccc4cc5cc6ccccc6cc5cc4c3cc12. The molecule has 4 N–H and O–H groups in total. The Kier molecular flexibility index (Phi) is 4.67. The zero-order valence-electron chi connectivity index (χ0n) is 16.7. The molecule has 0 aromatic heterocycles. The first kappa shape index (κ1) is 19.6. The molecular formula is C27H20IN3. The summed E-state index contributed by atoms with van der Waals surface area (Å²) < 4.78 is 0. The molecule has 0 bridgehead atoms. The third kappa shape index (κ3) is 3.24. The van der Waals surface area contributed by atoms with Gasteiger partial charge in [-0.25, -0.2) is 4.99 Å². The Morgan fingerprint density at radius 2 is 1.00 bits per heavy atom. The van der Waals surface area contributed by atoms with Crippen LogP contribution in [-0.4, -0.2) is 5.96 Å². The monoisotopic (exact) mass is 513 g/mol. The molecule has 0 saturated carbocycles. The quantitative estimate of drug-likeness (QED) is 0.0820. The molecule has 0 aliphatic carbocycles. The number of guanidine groups is 1. The minimum Gasteiger partial charge on any atom is -0.370 e. The third-order valence-corrected chi connectivity index (χ3v) is 5.88. The van der Waals surface area contributed by atoms with E-state index in [0.717, 1.165) is 16.5 Å².